The summed E-state index contributed by atoms with van der Waals surface area (Å²) in [5, 5.41) is 16.7. The van der Waals surface area contributed by atoms with Crippen molar-refractivity contribution in [1.29, 1.82) is 0 Å². The molecule has 1 amide bonds. The fourth-order valence-electron chi connectivity index (χ4n) is 2.97. The Hall–Kier alpha value is -2.18. The molecule has 0 radical (unpaired) electrons. The van der Waals surface area contributed by atoms with E-state index in [-0.39, 0.29) is 12.5 Å². The molecule has 0 bridgehead atoms. The maximum atomic E-state index is 12.4. The normalized spacial score (nSPS) is 14.2. The van der Waals surface area contributed by atoms with Gasteiger partial charge < -0.3 is 10.4 Å². The van der Waals surface area contributed by atoms with Crippen LogP contribution in [0.4, 0.5) is 5.69 Å². The fraction of sp³-hybridized carbons (Fsp3) is 0.444. The molecule has 0 aliphatic heterocycles. The zero-order valence-corrected chi connectivity index (χ0v) is 14.2. The summed E-state index contributed by atoms with van der Waals surface area (Å²) >= 11 is 0. The number of rotatable bonds is 7. The lowest BCUT2D eigenvalue weighted by atomic mass is 10.3. The van der Waals surface area contributed by atoms with Gasteiger partial charge in [-0.2, -0.15) is 5.10 Å². The molecule has 6 nitrogen and oxygen atoms in total. The second-order valence-electron chi connectivity index (χ2n) is 6.27. The molecule has 1 aliphatic rings. The van der Waals surface area contributed by atoms with Gasteiger partial charge in [0.1, 0.15) is 0 Å². The van der Waals surface area contributed by atoms with Crippen molar-refractivity contribution in [3.05, 3.63) is 41.7 Å². The number of carbonyl (C=O) groups excluding carboxylic acids is 1. The molecule has 1 aromatic carbocycles. The van der Waals surface area contributed by atoms with Gasteiger partial charge in [0.05, 0.1) is 35.9 Å². The van der Waals surface area contributed by atoms with Crippen LogP contribution in [0.3, 0.4) is 0 Å². The first kappa shape index (κ1) is 16.7. The van der Waals surface area contributed by atoms with Crippen molar-refractivity contribution >= 4 is 11.6 Å². The molecule has 6 heteroatoms. The predicted octanol–water partition coefficient (Wildman–Crippen LogP) is 1.88. The van der Waals surface area contributed by atoms with Crippen LogP contribution >= 0.6 is 0 Å². The van der Waals surface area contributed by atoms with E-state index in [1.807, 2.05) is 53.8 Å². The van der Waals surface area contributed by atoms with Gasteiger partial charge in [0.15, 0.2) is 0 Å². The van der Waals surface area contributed by atoms with Crippen LogP contribution in [-0.2, 0) is 4.79 Å². The van der Waals surface area contributed by atoms with Crippen molar-refractivity contribution in [2.75, 3.05) is 25.0 Å². The highest BCUT2D eigenvalue weighted by molar-refractivity contribution is 5.93. The first-order chi connectivity index (χ1) is 11.6. The van der Waals surface area contributed by atoms with E-state index in [0.29, 0.717) is 19.1 Å². The zero-order chi connectivity index (χ0) is 17.1. The molecule has 1 heterocycles. The first-order valence-corrected chi connectivity index (χ1v) is 8.36. The molecule has 0 atom stereocenters. The Morgan fingerprint density at radius 2 is 2.04 bits per heavy atom. The van der Waals surface area contributed by atoms with E-state index >= 15 is 0 Å². The lowest BCUT2D eigenvalue weighted by Gasteiger charge is -2.20. The van der Waals surface area contributed by atoms with Crippen LogP contribution < -0.4 is 5.32 Å². The van der Waals surface area contributed by atoms with E-state index in [2.05, 4.69) is 10.4 Å². The van der Waals surface area contributed by atoms with Crippen LogP contribution in [0.5, 0.6) is 0 Å². The summed E-state index contributed by atoms with van der Waals surface area (Å²) in [4.78, 5) is 14.5. The van der Waals surface area contributed by atoms with Gasteiger partial charge >= 0.3 is 0 Å². The Balaban J connectivity index is 1.73. The molecule has 3 rings (SSSR count). The van der Waals surface area contributed by atoms with Crippen molar-refractivity contribution in [1.82, 2.24) is 14.7 Å². The molecule has 0 saturated heterocycles. The highest BCUT2D eigenvalue weighted by Crippen LogP contribution is 2.27. The van der Waals surface area contributed by atoms with E-state index in [1.54, 1.807) is 0 Å². The average Bonchev–Trinajstić information content (AvgIpc) is 3.38. The first-order valence-electron chi connectivity index (χ1n) is 8.36. The lowest BCUT2D eigenvalue weighted by Crippen LogP contribution is -2.37. The van der Waals surface area contributed by atoms with Crippen molar-refractivity contribution in [2.24, 2.45) is 0 Å². The number of anilines is 1. The number of aryl methyl sites for hydroxylation is 1. The topological polar surface area (TPSA) is 70.4 Å². The molecule has 24 heavy (non-hydrogen) atoms. The largest absolute Gasteiger partial charge is 0.395 e. The maximum Gasteiger partial charge on any atom is 0.238 e. The number of nitrogens with zero attached hydrogens (tertiary/aromatic N) is 3. The second-order valence-corrected chi connectivity index (χ2v) is 6.27. The third-order valence-corrected chi connectivity index (χ3v) is 4.35. The summed E-state index contributed by atoms with van der Waals surface area (Å²) in [6.07, 6.45) is 2.22. The summed E-state index contributed by atoms with van der Waals surface area (Å²) in [6, 6.07) is 10.3. The van der Waals surface area contributed by atoms with Crippen LogP contribution in [0.25, 0.3) is 5.69 Å². The van der Waals surface area contributed by atoms with Crippen LogP contribution in [0, 0.1) is 13.8 Å². The zero-order valence-electron chi connectivity index (χ0n) is 14.2. The Labute approximate surface area is 142 Å². The quantitative estimate of drug-likeness (QED) is 0.814. The van der Waals surface area contributed by atoms with Gasteiger partial charge in [-0.15, -0.1) is 0 Å². The molecule has 1 aliphatic carbocycles. The molecule has 128 valence electrons. The van der Waals surface area contributed by atoms with Crippen LogP contribution in [0.1, 0.15) is 24.2 Å². The molecule has 0 spiro atoms. The lowest BCUT2D eigenvalue weighted by molar-refractivity contribution is -0.117. The number of aliphatic hydroxyl groups excluding tert-OH is 1. The van der Waals surface area contributed by atoms with Crippen molar-refractivity contribution < 1.29 is 9.90 Å². The Morgan fingerprint density at radius 3 is 2.67 bits per heavy atom. The molecule has 1 fully saturated rings. The van der Waals surface area contributed by atoms with Gasteiger partial charge in [-0.3, -0.25) is 9.69 Å². The molecule has 2 N–H and O–H groups in total. The number of aromatic nitrogens is 2. The maximum absolute atomic E-state index is 12.4. The van der Waals surface area contributed by atoms with E-state index in [1.165, 1.54) is 0 Å². The summed E-state index contributed by atoms with van der Waals surface area (Å²) in [7, 11) is 0. The number of amides is 1. The van der Waals surface area contributed by atoms with E-state index in [4.69, 9.17) is 5.11 Å². The number of benzene rings is 1. The van der Waals surface area contributed by atoms with Crippen LogP contribution in [-0.4, -0.2) is 51.4 Å². The summed E-state index contributed by atoms with van der Waals surface area (Å²) in [5.41, 5.74) is 3.44. The Bertz CT molecular complexity index is 707. The monoisotopic (exact) mass is 328 g/mol. The number of hydrogen-bond donors (Lipinski definition) is 2. The van der Waals surface area contributed by atoms with Gasteiger partial charge in [-0.1, -0.05) is 18.2 Å². The minimum atomic E-state index is -0.0610. The third kappa shape index (κ3) is 3.66. The van der Waals surface area contributed by atoms with Crippen molar-refractivity contribution in [2.45, 2.75) is 32.7 Å². The highest BCUT2D eigenvalue weighted by atomic mass is 16.3. The third-order valence-electron chi connectivity index (χ3n) is 4.35. The van der Waals surface area contributed by atoms with Crippen molar-refractivity contribution in [3.63, 3.8) is 0 Å². The molecule has 2 aromatic rings. The van der Waals surface area contributed by atoms with Gasteiger partial charge in [0, 0.05) is 12.6 Å². The average molecular weight is 328 g/mol. The Kier molecular flexibility index (Phi) is 4.97. The predicted molar refractivity (Wildman–Crippen MR) is 93.3 cm³/mol. The molecular formula is C18H24N4O2. The highest BCUT2D eigenvalue weighted by Gasteiger charge is 2.30. The van der Waals surface area contributed by atoms with Gasteiger partial charge in [-0.25, -0.2) is 4.68 Å². The number of aliphatic hydroxyl groups is 1. The molecule has 0 unspecified atom stereocenters. The minimum Gasteiger partial charge on any atom is -0.395 e. The number of hydrogen-bond acceptors (Lipinski definition) is 4. The summed E-state index contributed by atoms with van der Waals surface area (Å²) in [6.45, 7) is 4.77. The van der Waals surface area contributed by atoms with E-state index in [9.17, 15) is 4.79 Å². The molecular weight excluding hydrogens is 304 g/mol. The summed E-state index contributed by atoms with van der Waals surface area (Å²) in [5.74, 6) is -0.0610. The van der Waals surface area contributed by atoms with E-state index in [0.717, 1.165) is 35.6 Å². The molecule has 1 aromatic heterocycles. The van der Waals surface area contributed by atoms with Gasteiger partial charge in [0.25, 0.3) is 0 Å². The molecule has 1 saturated carbocycles. The van der Waals surface area contributed by atoms with Crippen LogP contribution in [0.2, 0.25) is 0 Å². The van der Waals surface area contributed by atoms with E-state index < -0.39 is 0 Å². The number of nitrogens with one attached hydrogen (secondary N) is 1. The Morgan fingerprint density at radius 1 is 1.33 bits per heavy atom. The summed E-state index contributed by atoms with van der Waals surface area (Å²) < 4.78 is 1.84. The SMILES string of the molecule is Cc1nn(-c2ccccc2)c(C)c1NC(=O)CN(CCO)C1CC1. The van der Waals surface area contributed by atoms with Gasteiger partial charge in [0.2, 0.25) is 5.91 Å². The van der Waals surface area contributed by atoms with Crippen molar-refractivity contribution in [3.8, 4) is 5.69 Å². The number of para-hydroxylation sites is 1. The van der Waals surface area contributed by atoms with Crippen LogP contribution in [0.15, 0.2) is 30.3 Å². The standard InChI is InChI=1S/C18H24N4O2/c1-13-18(14(2)22(20-13)16-6-4-3-5-7-16)19-17(24)12-21(10-11-23)15-8-9-15/h3-7,15,23H,8-12H2,1-2H3,(H,19,24). The van der Waals surface area contributed by atoms with Gasteiger partial charge in [-0.05, 0) is 38.8 Å². The number of carbonyl (C=O) groups is 1. The second kappa shape index (κ2) is 7.15. The smallest absolute Gasteiger partial charge is 0.238 e. The minimum absolute atomic E-state index is 0.0610. The fourth-order valence-corrected chi connectivity index (χ4v) is 2.97.